The number of hydrogen-bond donors (Lipinski definition) is 1. The van der Waals surface area contributed by atoms with Gasteiger partial charge in [0.2, 0.25) is 15.9 Å². The van der Waals surface area contributed by atoms with Gasteiger partial charge in [0, 0.05) is 11.6 Å². The van der Waals surface area contributed by atoms with Crippen LogP contribution in [0.5, 0.6) is 0 Å². The van der Waals surface area contributed by atoms with Crippen molar-refractivity contribution in [2.45, 2.75) is 25.7 Å². The highest BCUT2D eigenvalue weighted by atomic mass is 35.5. The molecule has 0 heterocycles. The Labute approximate surface area is 166 Å². The van der Waals surface area contributed by atoms with Crippen molar-refractivity contribution in [1.29, 1.82) is 0 Å². The number of carbonyl (C=O) groups is 1. The Kier molecular flexibility index (Phi) is 6.61. The summed E-state index contributed by atoms with van der Waals surface area (Å²) in [5, 5.41) is 2.76. The summed E-state index contributed by atoms with van der Waals surface area (Å²) >= 11 is 5.90. The molecule has 0 fully saturated rings. The van der Waals surface area contributed by atoms with E-state index in [0.29, 0.717) is 5.02 Å². The van der Waals surface area contributed by atoms with Crippen molar-refractivity contribution in [2.24, 2.45) is 0 Å². The quantitative estimate of drug-likeness (QED) is 0.751. The molecule has 152 valence electrons. The highest BCUT2D eigenvalue weighted by Gasteiger charge is 2.31. The second kappa shape index (κ2) is 8.40. The molecule has 0 saturated carbocycles. The Balaban J connectivity index is 2.18. The van der Waals surface area contributed by atoms with Crippen LogP contribution in [-0.4, -0.2) is 26.6 Å². The fourth-order valence-corrected chi connectivity index (χ4v) is 3.97. The SMILES string of the molecule is CC(C(=O)NCc1cccc(C(F)(F)F)c1)N(c1cccc(Cl)c1)S(C)(=O)=O. The Morgan fingerprint density at radius 1 is 1.18 bits per heavy atom. The van der Waals surface area contributed by atoms with Gasteiger partial charge in [0.15, 0.2) is 0 Å². The van der Waals surface area contributed by atoms with Crippen molar-refractivity contribution >= 4 is 33.2 Å². The molecule has 1 amide bonds. The Bertz CT molecular complexity index is 965. The Morgan fingerprint density at radius 3 is 2.39 bits per heavy atom. The van der Waals surface area contributed by atoms with Crippen molar-refractivity contribution in [2.75, 3.05) is 10.6 Å². The lowest BCUT2D eigenvalue weighted by Gasteiger charge is -2.28. The summed E-state index contributed by atoms with van der Waals surface area (Å²) in [4.78, 5) is 12.5. The molecule has 10 heteroatoms. The normalized spacial score (nSPS) is 13.1. The molecule has 1 unspecified atom stereocenters. The molecule has 0 aliphatic heterocycles. The molecule has 0 aromatic heterocycles. The first-order valence-corrected chi connectivity index (χ1v) is 10.3. The van der Waals surface area contributed by atoms with E-state index < -0.39 is 33.7 Å². The first kappa shape index (κ1) is 22.0. The monoisotopic (exact) mass is 434 g/mol. The lowest BCUT2D eigenvalue weighted by Crippen LogP contribution is -2.47. The van der Waals surface area contributed by atoms with Crippen LogP contribution in [0.4, 0.5) is 18.9 Å². The number of alkyl halides is 3. The average molecular weight is 435 g/mol. The molecule has 0 spiro atoms. The number of rotatable bonds is 6. The largest absolute Gasteiger partial charge is 0.416 e. The number of hydrogen-bond acceptors (Lipinski definition) is 3. The van der Waals surface area contributed by atoms with Gasteiger partial charge in [0.1, 0.15) is 6.04 Å². The highest BCUT2D eigenvalue weighted by Crippen LogP contribution is 2.29. The fraction of sp³-hybridized carbons (Fsp3) is 0.278. The smallest absolute Gasteiger partial charge is 0.350 e. The summed E-state index contributed by atoms with van der Waals surface area (Å²) in [5.74, 6) is -0.664. The standard InChI is InChI=1S/C18H18ClF3N2O3S/c1-12(24(28(2,26)27)16-8-4-7-15(19)10-16)17(25)23-11-13-5-3-6-14(9-13)18(20,21)22/h3-10,12H,11H2,1-2H3,(H,23,25). The van der Waals surface area contributed by atoms with Crippen LogP contribution in [-0.2, 0) is 27.5 Å². The molecular weight excluding hydrogens is 417 g/mol. The maximum atomic E-state index is 12.8. The number of sulfonamides is 1. The minimum Gasteiger partial charge on any atom is -0.350 e. The number of nitrogens with zero attached hydrogens (tertiary/aromatic N) is 1. The first-order chi connectivity index (χ1) is 12.9. The molecule has 2 aromatic carbocycles. The Hall–Kier alpha value is -2.26. The minimum absolute atomic E-state index is 0.180. The molecule has 0 aliphatic carbocycles. The zero-order chi connectivity index (χ0) is 21.1. The van der Waals surface area contributed by atoms with E-state index in [1.807, 2.05) is 0 Å². The summed E-state index contributed by atoms with van der Waals surface area (Å²) in [6, 6.07) is 9.39. The molecule has 0 radical (unpaired) electrons. The summed E-state index contributed by atoms with van der Waals surface area (Å²) in [6.07, 6.45) is -3.54. The van der Waals surface area contributed by atoms with Crippen LogP contribution in [0, 0.1) is 0 Å². The second-order valence-corrected chi connectivity index (χ2v) is 8.43. The molecule has 2 rings (SSSR count). The number of anilines is 1. The van der Waals surface area contributed by atoms with Crippen LogP contribution in [0.3, 0.4) is 0 Å². The van der Waals surface area contributed by atoms with Crippen LogP contribution in [0.2, 0.25) is 5.02 Å². The number of halogens is 4. The predicted molar refractivity (Wildman–Crippen MR) is 102 cm³/mol. The zero-order valence-corrected chi connectivity index (χ0v) is 16.6. The van der Waals surface area contributed by atoms with Gasteiger partial charge in [0.25, 0.3) is 0 Å². The fourth-order valence-electron chi connectivity index (χ4n) is 2.62. The van der Waals surface area contributed by atoms with Gasteiger partial charge in [-0.25, -0.2) is 8.42 Å². The summed E-state index contributed by atoms with van der Waals surface area (Å²) < 4.78 is 63.6. The highest BCUT2D eigenvalue weighted by molar-refractivity contribution is 7.92. The molecule has 28 heavy (non-hydrogen) atoms. The van der Waals surface area contributed by atoms with Gasteiger partial charge in [-0.05, 0) is 42.8 Å². The third kappa shape index (κ3) is 5.62. The van der Waals surface area contributed by atoms with E-state index in [2.05, 4.69) is 5.32 Å². The van der Waals surface area contributed by atoms with E-state index in [4.69, 9.17) is 11.6 Å². The summed E-state index contributed by atoms with van der Waals surface area (Å²) in [7, 11) is -3.82. The van der Waals surface area contributed by atoms with Gasteiger partial charge >= 0.3 is 6.18 Å². The zero-order valence-electron chi connectivity index (χ0n) is 15.0. The molecule has 2 aromatic rings. The molecule has 1 atom stereocenters. The van der Waals surface area contributed by atoms with Gasteiger partial charge in [0.05, 0.1) is 17.5 Å². The van der Waals surface area contributed by atoms with Crippen molar-refractivity contribution in [3.8, 4) is 0 Å². The van der Waals surface area contributed by atoms with Gasteiger partial charge in [-0.3, -0.25) is 9.10 Å². The van der Waals surface area contributed by atoms with Crippen LogP contribution in [0.15, 0.2) is 48.5 Å². The number of amides is 1. The predicted octanol–water partition coefficient (Wildman–Crippen LogP) is 3.83. The average Bonchev–Trinajstić information content (AvgIpc) is 2.58. The van der Waals surface area contributed by atoms with Crippen molar-refractivity contribution in [1.82, 2.24) is 5.32 Å². The van der Waals surface area contributed by atoms with Crippen molar-refractivity contribution in [3.05, 3.63) is 64.7 Å². The lowest BCUT2D eigenvalue weighted by molar-refractivity contribution is -0.137. The number of nitrogens with one attached hydrogen (secondary N) is 1. The molecular formula is C18H18ClF3N2O3S. The maximum Gasteiger partial charge on any atom is 0.416 e. The lowest BCUT2D eigenvalue weighted by atomic mass is 10.1. The van der Waals surface area contributed by atoms with Gasteiger partial charge in [-0.1, -0.05) is 29.8 Å². The first-order valence-electron chi connectivity index (χ1n) is 8.08. The molecule has 5 nitrogen and oxygen atoms in total. The van der Waals surface area contributed by atoms with E-state index in [1.165, 1.54) is 31.2 Å². The number of benzene rings is 2. The third-order valence-corrected chi connectivity index (χ3v) is 5.35. The molecule has 0 saturated heterocycles. The summed E-state index contributed by atoms with van der Waals surface area (Å²) in [6.45, 7) is 1.20. The minimum atomic E-state index is -4.49. The van der Waals surface area contributed by atoms with Crippen LogP contribution in [0.25, 0.3) is 0 Å². The van der Waals surface area contributed by atoms with Crippen LogP contribution in [0.1, 0.15) is 18.1 Å². The number of carbonyl (C=O) groups excluding carboxylic acids is 1. The van der Waals surface area contributed by atoms with Crippen molar-refractivity contribution in [3.63, 3.8) is 0 Å². The van der Waals surface area contributed by atoms with Gasteiger partial charge in [-0.15, -0.1) is 0 Å². The van der Waals surface area contributed by atoms with E-state index >= 15 is 0 Å². The topological polar surface area (TPSA) is 66.5 Å². The van der Waals surface area contributed by atoms with Crippen LogP contribution < -0.4 is 9.62 Å². The van der Waals surface area contributed by atoms with Gasteiger partial charge < -0.3 is 5.32 Å². The second-order valence-electron chi connectivity index (χ2n) is 6.13. The van der Waals surface area contributed by atoms with E-state index in [0.717, 1.165) is 22.7 Å². The van der Waals surface area contributed by atoms with E-state index in [-0.39, 0.29) is 17.8 Å². The van der Waals surface area contributed by atoms with Gasteiger partial charge in [-0.2, -0.15) is 13.2 Å². The summed E-state index contributed by atoms with van der Waals surface area (Å²) in [5.41, 5.74) is -0.384. The van der Waals surface area contributed by atoms with E-state index in [9.17, 15) is 26.4 Å². The molecule has 0 bridgehead atoms. The van der Waals surface area contributed by atoms with Crippen LogP contribution >= 0.6 is 11.6 Å². The molecule has 0 aliphatic rings. The van der Waals surface area contributed by atoms with Crippen molar-refractivity contribution < 1.29 is 26.4 Å². The Morgan fingerprint density at radius 2 is 1.82 bits per heavy atom. The maximum absolute atomic E-state index is 12.8. The third-order valence-electron chi connectivity index (χ3n) is 3.87. The molecule has 1 N–H and O–H groups in total. The van der Waals surface area contributed by atoms with E-state index in [1.54, 1.807) is 12.1 Å².